The first kappa shape index (κ1) is 22.5. The third-order valence-corrected chi connectivity index (χ3v) is 4.21. The molecule has 0 saturated heterocycles. The smallest absolute Gasteiger partial charge is 0.113 e. The summed E-state index contributed by atoms with van der Waals surface area (Å²) in [5.41, 5.74) is 0. The van der Waals surface area contributed by atoms with E-state index in [4.69, 9.17) is 9.84 Å². The number of hydrogen-bond donors (Lipinski definition) is 1. The largest absolute Gasteiger partial charge is 0.499 e. The Morgan fingerprint density at radius 3 is 1.65 bits per heavy atom. The lowest BCUT2D eigenvalue weighted by molar-refractivity contribution is 0.115. The molecule has 0 aromatic heterocycles. The second-order valence-corrected chi connectivity index (χ2v) is 6.74. The quantitative estimate of drug-likeness (QED) is 0.228. The molecule has 1 atom stereocenters. The molecule has 1 radical (unpaired) electrons. The van der Waals surface area contributed by atoms with E-state index in [-0.39, 0.29) is 6.61 Å². The normalized spacial score (nSPS) is 12.8. The van der Waals surface area contributed by atoms with Crippen LogP contribution in [-0.2, 0) is 4.74 Å². The minimum Gasteiger partial charge on any atom is -0.499 e. The van der Waals surface area contributed by atoms with Gasteiger partial charge in [0.15, 0.2) is 0 Å². The molecule has 0 saturated carbocycles. The summed E-state index contributed by atoms with van der Waals surface area (Å²) in [7, 11) is 0. The predicted octanol–water partition coefficient (Wildman–Crippen LogP) is 6.58. The summed E-state index contributed by atoms with van der Waals surface area (Å²) in [5.74, 6) is 0. The van der Waals surface area contributed by atoms with Gasteiger partial charge in [-0.3, -0.25) is 0 Å². The minimum atomic E-state index is -0.624. The van der Waals surface area contributed by atoms with Gasteiger partial charge in [-0.1, -0.05) is 90.4 Å². The second kappa shape index (κ2) is 19.5. The number of aliphatic hydroxyl groups excluding tert-OH is 1. The molecule has 0 aromatic rings. The highest BCUT2D eigenvalue weighted by atomic mass is 16.5. The summed E-state index contributed by atoms with van der Waals surface area (Å²) in [6.07, 6.45) is 23.8. The van der Waals surface area contributed by atoms with Crippen LogP contribution in [0.2, 0.25) is 0 Å². The second-order valence-electron chi connectivity index (χ2n) is 6.74. The summed E-state index contributed by atoms with van der Waals surface area (Å²) < 4.78 is 5.12. The number of aliphatic hydroxyl groups is 1. The molecular weight excluding hydrogens is 284 g/mol. The van der Waals surface area contributed by atoms with Gasteiger partial charge in [0.1, 0.15) is 6.61 Å². The van der Waals surface area contributed by atoms with Gasteiger partial charge >= 0.3 is 0 Å². The maximum absolute atomic E-state index is 8.92. The third kappa shape index (κ3) is 21.5. The Morgan fingerprint density at radius 2 is 1.22 bits per heavy atom. The van der Waals surface area contributed by atoms with E-state index in [1.54, 1.807) is 6.26 Å². The molecule has 2 heteroatoms. The zero-order valence-corrected chi connectivity index (χ0v) is 15.6. The fraction of sp³-hybridized carbons (Fsp3) is 0.857. The Labute approximate surface area is 145 Å². The average Bonchev–Trinajstić information content (AvgIpc) is 2.53. The Kier molecular flexibility index (Phi) is 19.1. The standard InChI is InChI=1S/C21H41O2/c1-3-4-5-6-7-8-9-10-11-12-13-14-15-16-17-18-19-23-20-21(2)22/h18-19,21-22H,2-17,20H2,1H3. The van der Waals surface area contributed by atoms with Gasteiger partial charge in [-0.05, 0) is 25.8 Å². The van der Waals surface area contributed by atoms with Gasteiger partial charge in [-0.15, -0.1) is 0 Å². The van der Waals surface area contributed by atoms with Gasteiger partial charge in [0.25, 0.3) is 0 Å². The van der Waals surface area contributed by atoms with E-state index in [0.717, 1.165) is 6.42 Å². The van der Waals surface area contributed by atoms with E-state index in [2.05, 4.69) is 13.8 Å². The van der Waals surface area contributed by atoms with E-state index < -0.39 is 6.10 Å². The highest BCUT2D eigenvalue weighted by Crippen LogP contribution is 2.13. The fourth-order valence-corrected chi connectivity index (χ4v) is 2.76. The van der Waals surface area contributed by atoms with Gasteiger partial charge in [0, 0.05) is 0 Å². The molecule has 0 aliphatic heterocycles. The summed E-state index contributed by atoms with van der Waals surface area (Å²) in [5, 5.41) is 8.92. The van der Waals surface area contributed by atoms with Crippen molar-refractivity contribution in [1.29, 1.82) is 0 Å². The van der Waals surface area contributed by atoms with Crippen LogP contribution in [0.25, 0.3) is 0 Å². The van der Waals surface area contributed by atoms with Crippen molar-refractivity contribution in [3.63, 3.8) is 0 Å². The van der Waals surface area contributed by atoms with E-state index in [9.17, 15) is 0 Å². The van der Waals surface area contributed by atoms with E-state index in [1.807, 2.05) is 6.08 Å². The molecular formula is C21H41O2. The molecule has 0 aromatic carbocycles. The molecule has 2 nitrogen and oxygen atoms in total. The third-order valence-electron chi connectivity index (χ3n) is 4.21. The van der Waals surface area contributed by atoms with Gasteiger partial charge in [0.2, 0.25) is 0 Å². The van der Waals surface area contributed by atoms with Crippen LogP contribution in [0, 0.1) is 6.92 Å². The van der Waals surface area contributed by atoms with Crippen molar-refractivity contribution < 1.29 is 9.84 Å². The number of ether oxygens (including phenoxy) is 1. The van der Waals surface area contributed by atoms with Crippen molar-refractivity contribution in [3.8, 4) is 0 Å². The van der Waals surface area contributed by atoms with E-state index >= 15 is 0 Å². The molecule has 0 heterocycles. The summed E-state index contributed by atoms with van der Waals surface area (Å²) in [6, 6.07) is 0. The highest BCUT2D eigenvalue weighted by Gasteiger charge is 1.94. The van der Waals surface area contributed by atoms with E-state index in [1.165, 1.54) is 89.9 Å². The molecule has 0 bridgehead atoms. The molecule has 0 fully saturated rings. The number of hydrogen-bond acceptors (Lipinski definition) is 2. The molecule has 137 valence electrons. The van der Waals surface area contributed by atoms with Crippen molar-refractivity contribution in [2.45, 2.75) is 109 Å². The lowest BCUT2D eigenvalue weighted by atomic mass is 10.0. The van der Waals surface area contributed by atoms with Crippen LogP contribution < -0.4 is 0 Å². The summed E-state index contributed by atoms with van der Waals surface area (Å²) in [4.78, 5) is 0. The molecule has 0 aliphatic rings. The number of allylic oxidation sites excluding steroid dienone is 1. The zero-order chi connectivity index (χ0) is 17.0. The minimum absolute atomic E-state index is 0.287. The Hall–Kier alpha value is -0.500. The predicted molar refractivity (Wildman–Crippen MR) is 101 cm³/mol. The van der Waals surface area contributed by atoms with Crippen LogP contribution in [0.5, 0.6) is 0 Å². The average molecular weight is 326 g/mol. The van der Waals surface area contributed by atoms with Gasteiger partial charge in [0.05, 0.1) is 12.4 Å². The van der Waals surface area contributed by atoms with Crippen molar-refractivity contribution >= 4 is 0 Å². The topological polar surface area (TPSA) is 29.5 Å². The first-order valence-corrected chi connectivity index (χ1v) is 10.0. The van der Waals surface area contributed by atoms with Crippen molar-refractivity contribution in [2.75, 3.05) is 6.61 Å². The molecule has 0 amide bonds. The number of rotatable bonds is 18. The van der Waals surface area contributed by atoms with Crippen LogP contribution in [-0.4, -0.2) is 17.8 Å². The monoisotopic (exact) mass is 325 g/mol. The van der Waals surface area contributed by atoms with Crippen LogP contribution in [0.1, 0.15) is 103 Å². The molecule has 0 rings (SSSR count). The Balaban J connectivity index is 3.02. The van der Waals surface area contributed by atoms with Gasteiger partial charge in [-0.25, -0.2) is 0 Å². The fourth-order valence-electron chi connectivity index (χ4n) is 2.76. The lowest BCUT2D eigenvalue weighted by Gasteiger charge is -2.03. The molecule has 1 unspecified atom stereocenters. The lowest BCUT2D eigenvalue weighted by Crippen LogP contribution is -2.07. The maximum atomic E-state index is 8.92. The molecule has 1 N–H and O–H groups in total. The highest BCUT2D eigenvalue weighted by molar-refractivity contribution is 4.74. The van der Waals surface area contributed by atoms with Crippen LogP contribution in [0.4, 0.5) is 0 Å². The van der Waals surface area contributed by atoms with Crippen molar-refractivity contribution in [3.05, 3.63) is 19.3 Å². The van der Waals surface area contributed by atoms with Crippen LogP contribution in [0.15, 0.2) is 12.3 Å². The SMILES string of the molecule is [CH2]C(O)COC=CCCCCCCCCCCCCCCCC. The Bertz CT molecular complexity index is 236. The summed E-state index contributed by atoms with van der Waals surface area (Å²) >= 11 is 0. The maximum Gasteiger partial charge on any atom is 0.113 e. The Morgan fingerprint density at radius 1 is 0.783 bits per heavy atom. The first-order valence-electron chi connectivity index (χ1n) is 10.0. The van der Waals surface area contributed by atoms with Gasteiger partial charge in [-0.2, -0.15) is 0 Å². The van der Waals surface area contributed by atoms with Crippen molar-refractivity contribution in [1.82, 2.24) is 0 Å². The molecule has 0 spiro atoms. The van der Waals surface area contributed by atoms with Crippen LogP contribution in [0.3, 0.4) is 0 Å². The zero-order valence-electron chi connectivity index (χ0n) is 15.6. The van der Waals surface area contributed by atoms with Crippen LogP contribution >= 0.6 is 0 Å². The number of unbranched alkanes of at least 4 members (excludes halogenated alkanes) is 14. The van der Waals surface area contributed by atoms with E-state index in [0.29, 0.717) is 0 Å². The molecule has 0 aliphatic carbocycles. The molecule has 23 heavy (non-hydrogen) atoms. The van der Waals surface area contributed by atoms with Gasteiger partial charge < -0.3 is 9.84 Å². The first-order chi connectivity index (χ1) is 11.3. The summed E-state index contributed by atoms with van der Waals surface area (Å²) in [6.45, 7) is 6.02. The van der Waals surface area contributed by atoms with Crippen molar-refractivity contribution in [2.24, 2.45) is 0 Å².